The number of carbonyl (C=O) groups is 1. The van der Waals surface area contributed by atoms with Crippen molar-refractivity contribution in [1.82, 2.24) is 9.13 Å². The van der Waals surface area contributed by atoms with E-state index in [2.05, 4.69) is 43.8 Å². The summed E-state index contributed by atoms with van der Waals surface area (Å²) in [5.41, 5.74) is 2.88. The molecule has 0 atom stereocenters. The Morgan fingerprint density at radius 3 is 2.36 bits per heavy atom. The molecule has 0 aliphatic carbocycles. The number of hydrogen-bond donors (Lipinski definition) is 1. The Morgan fingerprint density at radius 2 is 1.76 bits per heavy atom. The third-order valence-electron chi connectivity index (χ3n) is 4.08. The highest BCUT2D eigenvalue weighted by Crippen LogP contribution is 2.29. The number of hydrogen-bond acceptors (Lipinski definition) is 2. The van der Waals surface area contributed by atoms with Crippen molar-refractivity contribution >= 4 is 61.1 Å². The zero-order valence-electron chi connectivity index (χ0n) is 13.8. The average Bonchev–Trinajstić information content (AvgIpc) is 2.85. The monoisotopic (exact) mass is 513 g/mol. The third kappa shape index (κ3) is 3.39. The number of nitrogens with one attached hydrogen (secondary N) is 1. The minimum absolute atomic E-state index is 0.0343. The number of imidazole rings is 1. The summed E-state index contributed by atoms with van der Waals surface area (Å²) in [6.45, 7) is 5.06. The van der Waals surface area contributed by atoms with Crippen LogP contribution in [0.4, 0.5) is 5.69 Å². The fourth-order valence-electron chi connectivity index (χ4n) is 2.87. The predicted octanol–water partition coefficient (Wildman–Crippen LogP) is 4.46. The number of benzene rings is 2. The zero-order chi connectivity index (χ0) is 18.1. The van der Waals surface area contributed by atoms with Crippen LogP contribution in [0.3, 0.4) is 0 Å². The molecular formula is C18H17BrIN3O2. The van der Waals surface area contributed by atoms with E-state index < -0.39 is 0 Å². The molecular weight excluding hydrogens is 497 g/mol. The van der Waals surface area contributed by atoms with Gasteiger partial charge in [-0.05, 0) is 82.7 Å². The second kappa shape index (κ2) is 7.33. The number of fused-ring (bicyclic) bond motifs is 1. The van der Waals surface area contributed by atoms with E-state index in [-0.39, 0.29) is 11.6 Å². The summed E-state index contributed by atoms with van der Waals surface area (Å²) in [5.74, 6) is -0.182. The average molecular weight is 514 g/mol. The Kier molecular flexibility index (Phi) is 5.33. The third-order valence-corrected chi connectivity index (χ3v) is 5.40. The van der Waals surface area contributed by atoms with Gasteiger partial charge in [0.1, 0.15) is 0 Å². The fourth-order valence-corrected chi connectivity index (χ4v) is 3.84. The molecule has 0 aliphatic rings. The lowest BCUT2D eigenvalue weighted by atomic mass is 10.2. The number of anilines is 1. The molecule has 0 radical (unpaired) electrons. The highest BCUT2D eigenvalue weighted by molar-refractivity contribution is 14.1. The van der Waals surface area contributed by atoms with E-state index in [1.807, 2.05) is 44.2 Å². The van der Waals surface area contributed by atoms with E-state index in [9.17, 15) is 9.59 Å². The lowest BCUT2D eigenvalue weighted by Gasteiger charge is -2.09. The van der Waals surface area contributed by atoms with Crippen LogP contribution >= 0.6 is 38.5 Å². The van der Waals surface area contributed by atoms with Gasteiger partial charge in [-0.15, -0.1) is 0 Å². The van der Waals surface area contributed by atoms with Crippen molar-refractivity contribution < 1.29 is 4.79 Å². The second-order valence-electron chi connectivity index (χ2n) is 5.56. The van der Waals surface area contributed by atoms with Crippen molar-refractivity contribution in [3.63, 3.8) is 0 Å². The van der Waals surface area contributed by atoms with Crippen LogP contribution < -0.4 is 11.0 Å². The molecule has 2 aromatic carbocycles. The van der Waals surface area contributed by atoms with Gasteiger partial charge in [0.2, 0.25) is 0 Å². The maximum absolute atomic E-state index is 12.5. The standard InChI is InChI=1S/C18H17BrIN3O2/c1-3-22-15-9-13(19)14(10-16(15)23(4-2)18(22)25)21-17(24)11-6-5-7-12(20)8-11/h5-10H,3-4H2,1-2H3,(H,21,24). The Bertz CT molecular complexity index is 1020. The van der Waals surface area contributed by atoms with E-state index in [0.717, 1.165) is 19.1 Å². The van der Waals surface area contributed by atoms with Gasteiger partial charge in [0.15, 0.2) is 0 Å². The molecule has 1 amide bonds. The molecule has 0 unspecified atom stereocenters. The topological polar surface area (TPSA) is 56.0 Å². The van der Waals surface area contributed by atoms with Gasteiger partial charge in [-0.1, -0.05) is 6.07 Å². The molecule has 3 aromatic rings. The molecule has 1 aromatic heterocycles. The van der Waals surface area contributed by atoms with Crippen molar-refractivity contribution in [2.75, 3.05) is 5.32 Å². The molecule has 1 N–H and O–H groups in total. The number of aromatic nitrogens is 2. The number of rotatable bonds is 4. The maximum atomic E-state index is 12.5. The van der Waals surface area contributed by atoms with E-state index in [4.69, 9.17) is 0 Å². The molecule has 130 valence electrons. The highest BCUT2D eigenvalue weighted by atomic mass is 127. The Labute approximate surface area is 167 Å². The van der Waals surface area contributed by atoms with Crippen LogP contribution in [-0.4, -0.2) is 15.0 Å². The predicted molar refractivity (Wildman–Crippen MR) is 112 cm³/mol. The second-order valence-corrected chi connectivity index (χ2v) is 7.66. The quantitative estimate of drug-likeness (QED) is 0.523. The molecule has 7 heteroatoms. The van der Waals surface area contributed by atoms with Gasteiger partial charge in [0.05, 0.1) is 16.7 Å². The van der Waals surface area contributed by atoms with E-state index in [1.165, 1.54) is 0 Å². The van der Waals surface area contributed by atoms with Crippen LogP contribution in [0.25, 0.3) is 11.0 Å². The van der Waals surface area contributed by atoms with Crippen molar-refractivity contribution in [1.29, 1.82) is 0 Å². The normalized spacial score (nSPS) is 11.0. The van der Waals surface area contributed by atoms with Crippen molar-refractivity contribution in [2.45, 2.75) is 26.9 Å². The van der Waals surface area contributed by atoms with Crippen LogP contribution in [0.15, 0.2) is 45.7 Å². The zero-order valence-corrected chi connectivity index (χ0v) is 17.6. The Balaban J connectivity index is 2.07. The van der Waals surface area contributed by atoms with Gasteiger partial charge < -0.3 is 5.32 Å². The van der Waals surface area contributed by atoms with Gasteiger partial charge in [-0.25, -0.2) is 4.79 Å². The largest absolute Gasteiger partial charge is 0.329 e. The molecule has 25 heavy (non-hydrogen) atoms. The molecule has 0 aliphatic heterocycles. The number of nitrogens with zero attached hydrogens (tertiary/aromatic N) is 2. The first-order valence-electron chi connectivity index (χ1n) is 7.95. The Hall–Kier alpha value is -1.61. The number of aryl methyl sites for hydroxylation is 2. The minimum Gasteiger partial charge on any atom is -0.321 e. The highest BCUT2D eigenvalue weighted by Gasteiger charge is 2.15. The van der Waals surface area contributed by atoms with E-state index in [0.29, 0.717) is 24.3 Å². The van der Waals surface area contributed by atoms with Crippen LogP contribution in [0, 0.1) is 3.57 Å². The number of halogens is 2. The minimum atomic E-state index is -0.182. The lowest BCUT2D eigenvalue weighted by Crippen LogP contribution is -2.23. The van der Waals surface area contributed by atoms with Crippen molar-refractivity contribution in [3.05, 3.63) is 60.5 Å². The number of amides is 1. The SMILES string of the molecule is CCn1c(=O)n(CC)c2cc(NC(=O)c3cccc(I)c3)c(Br)cc21. The van der Waals surface area contributed by atoms with Crippen LogP contribution in [0.2, 0.25) is 0 Å². The summed E-state index contributed by atoms with van der Waals surface area (Å²) >= 11 is 5.69. The smallest absolute Gasteiger partial charge is 0.321 e. The fraction of sp³-hybridized carbons (Fsp3) is 0.222. The summed E-state index contributed by atoms with van der Waals surface area (Å²) in [5, 5.41) is 2.93. The molecule has 0 saturated carbocycles. The summed E-state index contributed by atoms with van der Waals surface area (Å²) in [4.78, 5) is 25.0. The van der Waals surface area contributed by atoms with Crippen molar-refractivity contribution in [2.24, 2.45) is 0 Å². The van der Waals surface area contributed by atoms with Crippen molar-refractivity contribution in [3.8, 4) is 0 Å². The van der Waals surface area contributed by atoms with Crippen LogP contribution in [0.1, 0.15) is 24.2 Å². The first-order valence-corrected chi connectivity index (χ1v) is 9.83. The van der Waals surface area contributed by atoms with Crippen LogP contribution in [0.5, 0.6) is 0 Å². The molecule has 1 heterocycles. The first kappa shape index (κ1) is 18.2. The Morgan fingerprint density at radius 1 is 1.12 bits per heavy atom. The maximum Gasteiger partial charge on any atom is 0.329 e. The molecule has 0 bridgehead atoms. The van der Waals surface area contributed by atoms with E-state index in [1.54, 1.807) is 15.2 Å². The molecule has 0 saturated heterocycles. The van der Waals surface area contributed by atoms with Gasteiger partial charge in [0, 0.05) is 26.7 Å². The molecule has 0 spiro atoms. The van der Waals surface area contributed by atoms with Gasteiger partial charge >= 0.3 is 5.69 Å². The first-order chi connectivity index (χ1) is 12.0. The summed E-state index contributed by atoms with van der Waals surface area (Å²) in [6.07, 6.45) is 0. The van der Waals surface area contributed by atoms with E-state index >= 15 is 0 Å². The molecule has 3 rings (SSSR count). The van der Waals surface area contributed by atoms with Crippen LogP contribution in [-0.2, 0) is 13.1 Å². The summed E-state index contributed by atoms with van der Waals surface area (Å²) < 4.78 is 5.19. The molecule has 0 fully saturated rings. The van der Waals surface area contributed by atoms with Gasteiger partial charge in [-0.2, -0.15) is 0 Å². The molecule has 5 nitrogen and oxygen atoms in total. The summed E-state index contributed by atoms with van der Waals surface area (Å²) in [6, 6.07) is 11.1. The number of carbonyl (C=O) groups excluding carboxylic acids is 1. The summed E-state index contributed by atoms with van der Waals surface area (Å²) in [7, 11) is 0. The lowest BCUT2D eigenvalue weighted by molar-refractivity contribution is 0.102. The van der Waals surface area contributed by atoms with Gasteiger partial charge in [0.25, 0.3) is 5.91 Å². The van der Waals surface area contributed by atoms with Gasteiger partial charge in [-0.3, -0.25) is 13.9 Å².